The summed E-state index contributed by atoms with van der Waals surface area (Å²) < 4.78 is 3.31. The monoisotopic (exact) mass is 747 g/mol. The predicted molar refractivity (Wildman–Crippen MR) is 201 cm³/mol. The van der Waals surface area contributed by atoms with E-state index < -0.39 is 11.9 Å². The van der Waals surface area contributed by atoms with E-state index in [9.17, 15) is 9.59 Å². The molecule has 270 valence electrons. The molecule has 2 radical (unpaired) electrons. The van der Waals surface area contributed by atoms with Crippen molar-refractivity contribution in [2.75, 3.05) is 0 Å². The summed E-state index contributed by atoms with van der Waals surface area (Å²) in [6.07, 6.45) is 40.8. The van der Waals surface area contributed by atoms with Crippen molar-refractivity contribution in [3.05, 3.63) is 0 Å². The number of unbranched alkanes of at least 4 members (excludes halogenated alkanes) is 26. The third-order valence-electron chi connectivity index (χ3n) is 8.40. The molecule has 0 rings (SSSR count). The Morgan fingerprint density at radius 3 is 0.756 bits per heavy atom. The molecule has 45 heavy (non-hydrogen) atoms. The van der Waals surface area contributed by atoms with Crippen LogP contribution in [0.5, 0.6) is 0 Å². The molecule has 0 atom stereocenters. The van der Waals surface area contributed by atoms with E-state index in [1.165, 1.54) is 154 Å². The van der Waals surface area contributed by atoms with Gasteiger partial charge in [0, 0.05) is 12.8 Å². The van der Waals surface area contributed by atoms with Gasteiger partial charge in [-0.15, -0.1) is 0 Å². The van der Waals surface area contributed by atoms with E-state index in [4.69, 9.17) is 10.2 Å². The van der Waals surface area contributed by atoms with Crippen molar-refractivity contribution in [2.24, 2.45) is 0 Å². The summed E-state index contributed by atoms with van der Waals surface area (Å²) in [4.78, 5) is 20.4. The Bertz CT molecular complexity index is 494. The third kappa shape index (κ3) is 59.7. The van der Waals surface area contributed by atoms with E-state index in [0.717, 1.165) is 25.7 Å². The molecule has 0 aliphatic rings. The summed E-state index contributed by atoms with van der Waals surface area (Å²) in [5, 5.41) is 16.8. The second-order valence-electron chi connectivity index (χ2n) is 13.2. The summed E-state index contributed by atoms with van der Waals surface area (Å²) in [6, 6.07) is 0. The van der Waals surface area contributed by atoms with Crippen LogP contribution in [0.15, 0.2) is 0 Å². The number of rotatable bonds is 34. The molecular formula is C40H82O4Sn. The molecule has 0 fully saturated rings. The number of carbonyl (C=O) groups is 2. The average Bonchev–Trinajstić information content (AvgIpc) is 3.02. The Hall–Kier alpha value is -0.261. The number of carboxylic acids is 2. The molecule has 0 aromatic carbocycles. The minimum atomic E-state index is -0.659. The second kappa shape index (κ2) is 48.1. The molecular weight excluding hydrogens is 663 g/mol. The maximum absolute atomic E-state index is 10.2. The van der Waals surface area contributed by atoms with Crippen molar-refractivity contribution in [1.29, 1.82) is 0 Å². The Balaban J connectivity index is -0.000000592. The first-order valence-electron chi connectivity index (χ1n) is 20.1. The summed E-state index contributed by atoms with van der Waals surface area (Å²) in [5.41, 5.74) is 0. The van der Waals surface area contributed by atoms with Gasteiger partial charge in [-0.05, 0) is 12.8 Å². The number of hydrogen-bond donors (Lipinski definition) is 2. The van der Waals surface area contributed by atoms with Gasteiger partial charge in [-0.1, -0.05) is 117 Å². The number of hydrogen-bond acceptors (Lipinski definition) is 2. The number of aliphatic carboxylic acids is 2. The fraction of sp³-hybridized carbons (Fsp3) is 0.950. The van der Waals surface area contributed by atoms with E-state index in [0.29, 0.717) is 12.8 Å². The van der Waals surface area contributed by atoms with E-state index in [1.54, 1.807) is 21.7 Å². The van der Waals surface area contributed by atoms with Crippen LogP contribution in [0.2, 0.25) is 8.87 Å². The Kier molecular flexibility index (Phi) is 52.6. The van der Waals surface area contributed by atoms with Crippen LogP contribution in [0.1, 0.15) is 233 Å². The molecule has 0 aromatic heterocycles. The van der Waals surface area contributed by atoms with Crippen LogP contribution in [0, 0.1) is 0 Å². The van der Waals surface area contributed by atoms with Crippen molar-refractivity contribution in [2.45, 2.75) is 242 Å². The second-order valence-corrected chi connectivity index (χ2v) is 17.5. The van der Waals surface area contributed by atoms with Crippen LogP contribution >= 0.6 is 0 Å². The van der Waals surface area contributed by atoms with Gasteiger partial charge in [-0.3, -0.25) is 9.59 Å². The van der Waals surface area contributed by atoms with Crippen LogP contribution in [0.3, 0.4) is 0 Å². The summed E-state index contributed by atoms with van der Waals surface area (Å²) in [7, 11) is 0. The van der Waals surface area contributed by atoms with Crippen LogP contribution in [0.4, 0.5) is 0 Å². The Morgan fingerprint density at radius 2 is 0.533 bits per heavy atom. The molecule has 0 spiro atoms. The van der Waals surface area contributed by atoms with Gasteiger partial charge in [0.25, 0.3) is 0 Å². The van der Waals surface area contributed by atoms with Crippen molar-refractivity contribution in [3.8, 4) is 0 Å². The average molecular weight is 746 g/mol. The summed E-state index contributed by atoms with van der Waals surface area (Å²) in [6.45, 7) is 9.06. The molecule has 0 bridgehead atoms. The van der Waals surface area contributed by atoms with Gasteiger partial charge in [0.05, 0.1) is 0 Å². The molecule has 4 nitrogen and oxygen atoms in total. The van der Waals surface area contributed by atoms with Crippen LogP contribution in [-0.2, 0) is 9.59 Å². The third-order valence-corrected chi connectivity index (χ3v) is 12.4. The summed E-state index contributed by atoms with van der Waals surface area (Å²) >= 11 is 0.0736. The zero-order chi connectivity index (χ0) is 33.9. The van der Waals surface area contributed by atoms with Gasteiger partial charge >= 0.3 is 133 Å². The molecule has 0 unspecified atom stereocenters. The van der Waals surface area contributed by atoms with E-state index in [2.05, 4.69) is 27.7 Å². The topological polar surface area (TPSA) is 74.6 Å². The zero-order valence-electron chi connectivity index (χ0n) is 31.3. The quantitative estimate of drug-likeness (QED) is 0.0508. The fourth-order valence-electron chi connectivity index (χ4n) is 5.36. The van der Waals surface area contributed by atoms with Gasteiger partial charge in [0.1, 0.15) is 0 Å². The van der Waals surface area contributed by atoms with Gasteiger partial charge in [0.15, 0.2) is 0 Å². The fourth-order valence-corrected chi connectivity index (χ4v) is 8.93. The van der Waals surface area contributed by atoms with Gasteiger partial charge in [-0.25, -0.2) is 0 Å². The zero-order valence-corrected chi connectivity index (χ0v) is 34.1. The van der Waals surface area contributed by atoms with Crippen LogP contribution < -0.4 is 0 Å². The molecule has 2 N–H and O–H groups in total. The maximum atomic E-state index is 10.2. The van der Waals surface area contributed by atoms with Crippen LogP contribution in [0.25, 0.3) is 0 Å². The molecule has 0 aromatic rings. The van der Waals surface area contributed by atoms with Gasteiger partial charge in [0.2, 0.25) is 0 Å². The molecule has 5 heteroatoms. The first-order valence-corrected chi connectivity index (χ1v) is 24.1. The molecule has 0 aliphatic heterocycles. The first kappa shape index (κ1) is 49.1. The van der Waals surface area contributed by atoms with E-state index >= 15 is 0 Å². The predicted octanol–water partition coefficient (Wildman–Crippen LogP) is 14.2. The van der Waals surface area contributed by atoms with Crippen molar-refractivity contribution < 1.29 is 19.8 Å². The minimum absolute atomic E-state index is 0.0736. The molecule has 0 saturated heterocycles. The van der Waals surface area contributed by atoms with Gasteiger partial charge in [-0.2, -0.15) is 0 Å². The Morgan fingerprint density at radius 1 is 0.333 bits per heavy atom. The van der Waals surface area contributed by atoms with Crippen molar-refractivity contribution in [3.63, 3.8) is 0 Å². The summed E-state index contributed by atoms with van der Waals surface area (Å²) in [5.74, 6) is -1.32. The van der Waals surface area contributed by atoms with Crippen molar-refractivity contribution in [1.82, 2.24) is 0 Å². The first-order chi connectivity index (χ1) is 22.0. The molecule has 0 saturated carbocycles. The van der Waals surface area contributed by atoms with E-state index in [1.807, 2.05) is 0 Å². The Labute approximate surface area is 293 Å². The normalized spacial score (nSPS) is 10.6. The SMILES string of the molecule is CCCCCCCCCCCC(=O)O.CCCCCCCCCCCC(=O)O.CCCCCCC[CH2][Sn][CH2]CCCCCCC. The number of carboxylic acid groups (broad SMARTS) is 2. The molecule has 0 heterocycles. The van der Waals surface area contributed by atoms with Crippen molar-refractivity contribution >= 4 is 33.1 Å². The standard InChI is InChI=1S/2C12H24O2.2C8H17.Sn/c2*1-2-3-4-5-6-7-8-9-10-11-12(13)14;2*1-3-5-7-8-6-4-2;/h2*2-11H2,1H3,(H,13,14);2*1,3-8H2,2H3;. The molecule has 0 amide bonds. The van der Waals surface area contributed by atoms with E-state index in [-0.39, 0.29) is 21.1 Å². The van der Waals surface area contributed by atoms with Gasteiger partial charge < -0.3 is 10.2 Å². The molecule has 0 aliphatic carbocycles. The van der Waals surface area contributed by atoms with Crippen LogP contribution in [-0.4, -0.2) is 43.3 Å².